The summed E-state index contributed by atoms with van der Waals surface area (Å²) in [6, 6.07) is 5.38. The number of carbonyl (C=O) groups is 3. The van der Waals surface area contributed by atoms with Crippen molar-refractivity contribution in [3.63, 3.8) is 0 Å². The van der Waals surface area contributed by atoms with Crippen molar-refractivity contribution in [3.8, 4) is 17.4 Å². The van der Waals surface area contributed by atoms with E-state index in [0.717, 1.165) is 24.6 Å². The van der Waals surface area contributed by atoms with Gasteiger partial charge in [-0.25, -0.2) is 13.4 Å². The van der Waals surface area contributed by atoms with Gasteiger partial charge in [-0.2, -0.15) is 0 Å². The second-order valence-electron chi connectivity index (χ2n) is 13.3. The molecule has 0 saturated heterocycles. The lowest BCUT2D eigenvalue weighted by atomic mass is 9.84. The number of nitrogens with zero attached hydrogens (tertiary/aromatic N) is 2. The van der Waals surface area contributed by atoms with E-state index in [9.17, 15) is 22.8 Å². The van der Waals surface area contributed by atoms with Crippen molar-refractivity contribution in [1.82, 2.24) is 14.6 Å². The van der Waals surface area contributed by atoms with Gasteiger partial charge in [0.1, 0.15) is 23.4 Å². The van der Waals surface area contributed by atoms with Crippen molar-refractivity contribution >= 4 is 54.5 Å². The molecule has 254 valence electrons. The van der Waals surface area contributed by atoms with Crippen LogP contribution in [0, 0.1) is 23.2 Å². The summed E-state index contributed by atoms with van der Waals surface area (Å²) in [7, 11) is -0.437. The molecule has 1 N–H and O–H groups in total. The van der Waals surface area contributed by atoms with Crippen molar-refractivity contribution in [2.45, 2.75) is 76.1 Å². The Morgan fingerprint density at radius 2 is 1.91 bits per heavy atom. The van der Waals surface area contributed by atoms with E-state index in [2.05, 4.69) is 25.6 Å². The Labute approximate surface area is 284 Å². The van der Waals surface area contributed by atoms with Gasteiger partial charge in [-0.3, -0.25) is 19.1 Å². The third-order valence-corrected chi connectivity index (χ3v) is 12.6. The van der Waals surface area contributed by atoms with Crippen molar-refractivity contribution < 1.29 is 37.0 Å². The van der Waals surface area contributed by atoms with Gasteiger partial charge in [0.25, 0.3) is 0 Å². The predicted molar refractivity (Wildman–Crippen MR) is 179 cm³/mol. The van der Waals surface area contributed by atoms with Crippen LogP contribution in [0.1, 0.15) is 64.7 Å². The maximum atomic E-state index is 14.2. The Hall–Kier alpha value is -3.19. The molecule has 3 aliphatic carbocycles. The minimum atomic E-state index is -3.78. The van der Waals surface area contributed by atoms with Gasteiger partial charge >= 0.3 is 0 Å². The molecule has 0 bridgehead atoms. The number of pyridine rings is 1. The number of fused-ring (bicyclic) bond motifs is 3. The maximum Gasteiger partial charge on any atom is 0.240 e. The van der Waals surface area contributed by atoms with Crippen LogP contribution >= 0.6 is 15.9 Å². The highest BCUT2D eigenvalue weighted by Crippen LogP contribution is 2.58. The monoisotopic (exact) mass is 731 g/mol. The molecule has 3 saturated carbocycles. The number of allylic oxidation sites excluding steroid dienone is 2. The number of hydrogen-bond acceptors (Lipinski definition) is 9. The number of amides is 2. The Morgan fingerprint density at radius 3 is 2.64 bits per heavy atom. The molecule has 47 heavy (non-hydrogen) atoms. The molecule has 13 heteroatoms. The normalized spacial score (nSPS) is 29.0. The van der Waals surface area contributed by atoms with Crippen LogP contribution in [0.25, 0.3) is 10.9 Å². The summed E-state index contributed by atoms with van der Waals surface area (Å²) in [6.07, 6.45) is 7.88. The largest absolute Gasteiger partial charge is 0.495 e. The van der Waals surface area contributed by atoms with Crippen molar-refractivity contribution in [2.75, 3.05) is 27.3 Å². The summed E-state index contributed by atoms with van der Waals surface area (Å²) in [4.78, 5) is 48.0. The molecule has 2 aromatic rings. The van der Waals surface area contributed by atoms with Crippen LogP contribution in [0.2, 0.25) is 0 Å². The standard InChI is InChI=1S/C34H42BrN3O8S/c1-4-45-29-17-28(23-12-13-27(44-3)30(35)31(23)36-29)46-21-15-24-25(16-21)32(40)38(2)14-8-6-5-7-9-20-18-34(20,19-26(24)39)33(41)37-47(42,43)22-10-11-22/h7,9,12-13,17,20-22,24-25H,4-6,8,10-11,14-16,18-19H2,1-3H3,(H,37,41)/b9-7-/t20-,21+,24+,25+,34+/m0/s1. The number of hydrogen-bond donors (Lipinski definition) is 1. The summed E-state index contributed by atoms with van der Waals surface area (Å²) in [5, 5.41) is 0.165. The smallest absolute Gasteiger partial charge is 0.240 e. The molecule has 1 aliphatic heterocycles. The first-order chi connectivity index (χ1) is 22.5. The zero-order valence-corrected chi connectivity index (χ0v) is 29.4. The number of nitrogens with one attached hydrogen (secondary N) is 1. The lowest BCUT2D eigenvalue weighted by Gasteiger charge is -2.26. The van der Waals surface area contributed by atoms with Crippen LogP contribution < -0.4 is 18.9 Å². The van der Waals surface area contributed by atoms with E-state index in [1.54, 1.807) is 25.1 Å². The molecule has 2 heterocycles. The van der Waals surface area contributed by atoms with Gasteiger partial charge in [0, 0.05) is 37.4 Å². The highest BCUT2D eigenvalue weighted by atomic mass is 79.9. The zero-order valence-electron chi connectivity index (χ0n) is 27.0. The Bertz CT molecular complexity index is 1710. The summed E-state index contributed by atoms with van der Waals surface area (Å²) in [5.74, 6) is -1.00. The number of halogens is 1. The summed E-state index contributed by atoms with van der Waals surface area (Å²) >= 11 is 3.59. The number of benzene rings is 1. The van der Waals surface area contributed by atoms with E-state index >= 15 is 0 Å². The average Bonchev–Trinajstić information content (AvgIpc) is 3.96. The highest BCUT2D eigenvalue weighted by Gasteiger charge is 2.61. The fourth-order valence-electron chi connectivity index (χ4n) is 7.09. The van der Waals surface area contributed by atoms with Crippen molar-refractivity contribution in [2.24, 2.45) is 23.2 Å². The van der Waals surface area contributed by atoms with Crippen LogP contribution in [0.5, 0.6) is 17.4 Å². The van der Waals surface area contributed by atoms with Crippen molar-refractivity contribution in [1.29, 1.82) is 0 Å². The van der Waals surface area contributed by atoms with Crippen molar-refractivity contribution in [3.05, 3.63) is 34.8 Å². The van der Waals surface area contributed by atoms with Gasteiger partial charge in [0.05, 0.1) is 40.3 Å². The zero-order chi connectivity index (χ0) is 33.5. The van der Waals surface area contributed by atoms with E-state index in [-0.39, 0.29) is 30.4 Å². The molecule has 0 unspecified atom stereocenters. The Kier molecular flexibility index (Phi) is 9.59. The number of ether oxygens (including phenoxy) is 3. The molecule has 3 fully saturated rings. The fraction of sp³-hybridized carbons (Fsp3) is 0.588. The SMILES string of the molecule is CCOc1cc(O[C@@H]2C[C@H]3C(=O)C[C@]4(C(=O)NS(=O)(=O)C5CC5)C[C@@H]4/C=C\CCCCN(C)C(=O)[C@@H]3C2)c2ccc(OC)c(Br)c2n1. The lowest BCUT2D eigenvalue weighted by molar-refractivity contribution is -0.140. The van der Waals surface area contributed by atoms with E-state index in [4.69, 9.17) is 14.2 Å². The first-order valence-corrected chi connectivity index (χ1v) is 18.8. The lowest BCUT2D eigenvalue weighted by Crippen LogP contribution is -2.42. The number of sulfonamides is 1. The van der Waals surface area contributed by atoms with Gasteiger partial charge < -0.3 is 19.1 Å². The van der Waals surface area contributed by atoms with E-state index in [0.29, 0.717) is 66.2 Å². The van der Waals surface area contributed by atoms with E-state index < -0.39 is 44.5 Å². The number of rotatable bonds is 8. The van der Waals surface area contributed by atoms with Gasteiger partial charge in [0.2, 0.25) is 27.7 Å². The third kappa shape index (κ3) is 6.88. The van der Waals surface area contributed by atoms with Gasteiger partial charge in [-0.1, -0.05) is 12.2 Å². The second kappa shape index (κ2) is 13.4. The van der Waals surface area contributed by atoms with Crippen LogP contribution in [0.15, 0.2) is 34.8 Å². The molecule has 4 aliphatic rings. The molecule has 2 amide bonds. The second-order valence-corrected chi connectivity index (χ2v) is 16.0. The fourth-order valence-corrected chi connectivity index (χ4v) is 9.07. The average molecular weight is 733 g/mol. The molecular formula is C34H42BrN3O8S. The van der Waals surface area contributed by atoms with E-state index in [1.807, 2.05) is 31.2 Å². The molecule has 5 atom stereocenters. The Morgan fingerprint density at radius 1 is 1.15 bits per heavy atom. The summed E-state index contributed by atoms with van der Waals surface area (Å²) in [5.41, 5.74) is -0.548. The number of methoxy groups -OCH3 is 1. The van der Waals surface area contributed by atoms with Gasteiger partial charge in [-0.05, 0) is 92.3 Å². The number of ketones is 1. The van der Waals surface area contributed by atoms with Crippen LogP contribution in [0.4, 0.5) is 0 Å². The molecule has 11 nitrogen and oxygen atoms in total. The maximum absolute atomic E-state index is 14.2. The van der Waals surface area contributed by atoms with Gasteiger partial charge in [0.15, 0.2) is 0 Å². The van der Waals surface area contributed by atoms with E-state index in [1.165, 1.54) is 0 Å². The van der Waals surface area contributed by atoms with Crippen LogP contribution in [0.3, 0.4) is 0 Å². The Balaban J connectivity index is 1.30. The number of Topliss-reactive ketones (excluding diaryl/α,β-unsaturated/α-hetero) is 1. The summed E-state index contributed by atoms with van der Waals surface area (Å²) in [6.45, 7) is 2.84. The molecule has 1 aromatic heterocycles. The first kappa shape index (κ1) is 33.7. The molecule has 6 rings (SSSR count). The highest BCUT2D eigenvalue weighted by molar-refractivity contribution is 9.10. The minimum absolute atomic E-state index is 0.119. The summed E-state index contributed by atoms with van der Waals surface area (Å²) < 4.78 is 46.2. The molecular weight excluding hydrogens is 690 g/mol. The number of carbonyl (C=O) groups excluding carboxylic acids is 3. The minimum Gasteiger partial charge on any atom is -0.495 e. The third-order valence-electron chi connectivity index (χ3n) is 10.0. The quantitative estimate of drug-likeness (QED) is 0.374. The molecule has 0 spiro atoms. The topological polar surface area (TPSA) is 141 Å². The molecule has 1 aromatic carbocycles. The predicted octanol–water partition coefficient (Wildman–Crippen LogP) is 4.95. The molecule has 0 radical (unpaired) electrons. The van der Waals surface area contributed by atoms with Crippen LogP contribution in [-0.2, 0) is 24.4 Å². The van der Waals surface area contributed by atoms with Crippen LogP contribution in [-0.4, -0.2) is 74.6 Å². The number of aromatic nitrogens is 1. The van der Waals surface area contributed by atoms with Gasteiger partial charge in [-0.15, -0.1) is 0 Å². The first-order valence-electron chi connectivity index (χ1n) is 16.4.